The molecule has 0 aliphatic carbocycles. The quantitative estimate of drug-likeness (QED) is 0.860. The Morgan fingerprint density at radius 1 is 1.50 bits per heavy atom. The molecule has 1 aliphatic rings. The Balaban J connectivity index is 2.34. The number of urea groups is 1. The van der Waals surface area contributed by atoms with Crippen molar-refractivity contribution in [3.05, 3.63) is 42.5 Å². The summed E-state index contributed by atoms with van der Waals surface area (Å²) in [5.74, 6) is -1.39. The van der Waals surface area contributed by atoms with Crippen molar-refractivity contribution in [2.75, 3.05) is 25.0 Å². The molecule has 1 heterocycles. The van der Waals surface area contributed by atoms with E-state index in [1.165, 1.54) is 0 Å². The van der Waals surface area contributed by atoms with E-state index in [4.69, 9.17) is 0 Å². The van der Waals surface area contributed by atoms with Crippen LogP contribution in [0.2, 0.25) is 0 Å². The van der Waals surface area contributed by atoms with Gasteiger partial charge in [-0.1, -0.05) is 24.3 Å². The average molecular weight is 274 g/mol. The summed E-state index contributed by atoms with van der Waals surface area (Å²) in [5.41, 5.74) is 1.39. The fourth-order valence-electron chi connectivity index (χ4n) is 2.50. The minimum Gasteiger partial charge on any atom is -0.481 e. The van der Waals surface area contributed by atoms with Crippen molar-refractivity contribution in [3.8, 4) is 0 Å². The molecule has 5 nitrogen and oxygen atoms in total. The number of carboxylic acid groups (broad SMARTS) is 1. The van der Waals surface area contributed by atoms with Gasteiger partial charge in [0.1, 0.15) is 0 Å². The third kappa shape index (κ3) is 2.52. The molecule has 1 N–H and O–H groups in total. The number of nitrogens with zero attached hydrogens (tertiary/aromatic N) is 2. The van der Waals surface area contributed by atoms with Gasteiger partial charge in [-0.3, -0.25) is 9.69 Å². The van der Waals surface area contributed by atoms with E-state index in [9.17, 15) is 14.7 Å². The Hall–Kier alpha value is -2.30. The third-order valence-corrected chi connectivity index (χ3v) is 3.50. The zero-order valence-corrected chi connectivity index (χ0v) is 11.5. The zero-order chi connectivity index (χ0) is 14.7. The molecule has 0 spiro atoms. The van der Waals surface area contributed by atoms with Crippen LogP contribution < -0.4 is 4.90 Å². The van der Waals surface area contributed by atoms with E-state index < -0.39 is 11.9 Å². The summed E-state index contributed by atoms with van der Waals surface area (Å²) >= 11 is 0. The van der Waals surface area contributed by atoms with Crippen molar-refractivity contribution in [2.24, 2.45) is 0 Å². The van der Waals surface area contributed by atoms with Gasteiger partial charge in [0.05, 0.1) is 5.92 Å². The second-order valence-electron chi connectivity index (χ2n) is 4.84. The summed E-state index contributed by atoms with van der Waals surface area (Å²) in [6.07, 6.45) is 2.09. The van der Waals surface area contributed by atoms with Gasteiger partial charge < -0.3 is 10.0 Å². The maximum Gasteiger partial charge on any atom is 0.324 e. The number of para-hydroxylation sites is 1. The molecule has 1 atom stereocenters. The van der Waals surface area contributed by atoms with Crippen molar-refractivity contribution in [2.45, 2.75) is 12.3 Å². The van der Waals surface area contributed by atoms with E-state index in [0.717, 1.165) is 0 Å². The normalized spacial score (nSPS) is 17.2. The van der Waals surface area contributed by atoms with Crippen molar-refractivity contribution in [1.82, 2.24) is 4.90 Å². The molecule has 0 fully saturated rings. The molecule has 0 saturated heterocycles. The van der Waals surface area contributed by atoms with Crippen LogP contribution in [0.1, 0.15) is 17.9 Å². The smallest absolute Gasteiger partial charge is 0.324 e. The molecule has 1 unspecified atom stereocenters. The lowest BCUT2D eigenvalue weighted by atomic mass is 9.90. The molecule has 2 rings (SSSR count). The van der Waals surface area contributed by atoms with Gasteiger partial charge in [0.15, 0.2) is 0 Å². The van der Waals surface area contributed by atoms with Crippen LogP contribution in [-0.4, -0.2) is 42.1 Å². The first-order valence-electron chi connectivity index (χ1n) is 6.51. The molecule has 0 radical (unpaired) electrons. The fraction of sp³-hybridized carbons (Fsp3) is 0.333. The second-order valence-corrected chi connectivity index (χ2v) is 4.84. The summed E-state index contributed by atoms with van der Waals surface area (Å²) in [6, 6.07) is 7.05. The Morgan fingerprint density at radius 2 is 2.20 bits per heavy atom. The molecule has 20 heavy (non-hydrogen) atoms. The van der Waals surface area contributed by atoms with E-state index in [0.29, 0.717) is 30.8 Å². The summed E-state index contributed by atoms with van der Waals surface area (Å²) in [5, 5.41) is 9.28. The number of fused-ring (bicyclic) bond motifs is 1. The Bertz CT molecular complexity index is 542. The van der Waals surface area contributed by atoms with Crippen LogP contribution in [-0.2, 0) is 4.79 Å². The molecule has 106 valence electrons. The topological polar surface area (TPSA) is 60.9 Å². The lowest BCUT2D eigenvalue weighted by Crippen LogP contribution is -2.45. The SMILES string of the molecule is C=CCN(C)C(=O)N1CCC(C(=O)O)c2ccccc21. The minimum absolute atomic E-state index is 0.138. The highest BCUT2D eigenvalue weighted by atomic mass is 16.4. The number of aliphatic carboxylic acids is 1. The number of anilines is 1. The highest BCUT2D eigenvalue weighted by Gasteiger charge is 2.33. The number of carbonyl (C=O) groups is 2. The molecular weight excluding hydrogens is 256 g/mol. The van der Waals surface area contributed by atoms with E-state index >= 15 is 0 Å². The minimum atomic E-state index is -0.844. The number of hydrogen-bond donors (Lipinski definition) is 1. The predicted octanol–water partition coefficient (Wildman–Crippen LogP) is 2.30. The number of amides is 2. The molecule has 0 aromatic heterocycles. The molecule has 5 heteroatoms. The molecule has 2 amide bonds. The van der Waals surface area contributed by atoms with E-state index in [-0.39, 0.29) is 6.03 Å². The van der Waals surface area contributed by atoms with Crippen LogP contribution in [0.25, 0.3) is 0 Å². The first kappa shape index (κ1) is 14.1. The number of likely N-dealkylation sites (N-methyl/N-ethyl adjacent to an activating group) is 1. The van der Waals surface area contributed by atoms with Crippen molar-refractivity contribution in [1.29, 1.82) is 0 Å². The largest absolute Gasteiger partial charge is 0.481 e. The van der Waals surface area contributed by atoms with Gasteiger partial charge in [0, 0.05) is 25.8 Å². The Labute approximate surface area is 118 Å². The molecule has 0 saturated carbocycles. The van der Waals surface area contributed by atoms with Crippen molar-refractivity contribution in [3.63, 3.8) is 0 Å². The van der Waals surface area contributed by atoms with Crippen molar-refractivity contribution >= 4 is 17.7 Å². The summed E-state index contributed by atoms with van der Waals surface area (Å²) in [6.45, 7) is 4.49. The average Bonchev–Trinajstić information content (AvgIpc) is 2.45. The monoisotopic (exact) mass is 274 g/mol. The van der Waals surface area contributed by atoms with Crippen LogP contribution in [0.5, 0.6) is 0 Å². The van der Waals surface area contributed by atoms with E-state index in [1.807, 2.05) is 6.07 Å². The summed E-state index contributed by atoms with van der Waals surface area (Å²) < 4.78 is 0. The maximum atomic E-state index is 12.4. The number of carbonyl (C=O) groups excluding carboxylic acids is 1. The predicted molar refractivity (Wildman–Crippen MR) is 77.0 cm³/mol. The highest BCUT2D eigenvalue weighted by molar-refractivity contribution is 5.95. The van der Waals surface area contributed by atoms with Crippen LogP contribution in [0.15, 0.2) is 36.9 Å². The molecule has 1 aliphatic heterocycles. The van der Waals surface area contributed by atoms with Gasteiger partial charge >= 0.3 is 12.0 Å². The third-order valence-electron chi connectivity index (χ3n) is 3.50. The maximum absolute atomic E-state index is 12.4. The molecule has 1 aromatic rings. The van der Waals surface area contributed by atoms with Crippen molar-refractivity contribution < 1.29 is 14.7 Å². The lowest BCUT2D eigenvalue weighted by molar-refractivity contribution is -0.139. The second kappa shape index (κ2) is 5.77. The first-order chi connectivity index (χ1) is 9.56. The van der Waals surface area contributed by atoms with E-state index in [2.05, 4.69) is 6.58 Å². The Morgan fingerprint density at radius 3 is 2.85 bits per heavy atom. The first-order valence-corrected chi connectivity index (χ1v) is 6.51. The van der Waals surface area contributed by atoms with E-state index in [1.54, 1.807) is 41.1 Å². The summed E-state index contributed by atoms with van der Waals surface area (Å²) in [7, 11) is 1.70. The van der Waals surface area contributed by atoms with Gasteiger partial charge in [0.2, 0.25) is 0 Å². The van der Waals surface area contributed by atoms with Gasteiger partial charge in [-0.25, -0.2) is 4.79 Å². The lowest BCUT2D eigenvalue weighted by Gasteiger charge is -2.34. The molecule has 0 bridgehead atoms. The standard InChI is InChI=1S/C15H18N2O3/c1-3-9-16(2)15(20)17-10-8-12(14(18)19)11-6-4-5-7-13(11)17/h3-7,12H,1,8-10H2,2H3,(H,18,19). The highest BCUT2D eigenvalue weighted by Crippen LogP contribution is 2.35. The number of rotatable bonds is 3. The molecular formula is C15H18N2O3. The van der Waals surface area contributed by atoms with Crippen LogP contribution in [0, 0.1) is 0 Å². The zero-order valence-electron chi connectivity index (χ0n) is 11.5. The van der Waals surface area contributed by atoms with Gasteiger partial charge in [-0.2, -0.15) is 0 Å². The van der Waals surface area contributed by atoms with Gasteiger partial charge in [-0.05, 0) is 18.1 Å². The van der Waals surface area contributed by atoms with Gasteiger partial charge in [0.25, 0.3) is 0 Å². The van der Waals surface area contributed by atoms with Crippen LogP contribution >= 0.6 is 0 Å². The Kier molecular flexibility index (Phi) is 4.08. The number of carboxylic acids is 1. The molecule has 1 aromatic carbocycles. The fourth-order valence-corrected chi connectivity index (χ4v) is 2.50. The van der Waals surface area contributed by atoms with Gasteiger partial charge in [-0.15, -0.1) is 6.58 Å². The van der Waals surface area contributed by atoms with Crippen LogP contribution in [0.3, 0.4) is 0 Å². The number of hydrogen-bond acceptors (Lipinski definition) is 2. The number of benzene rings is 1. The summed E-state index contributed by atoms with van der Waals surface area (Å²) in [4.78, 5) is 26.9. The van der Waals surface area contributed by atoms with Crippen LogP contribution in [0.4, 0.5) is 10.5 Å².